The van der Waals surface area contributed by atoms with Gasteiger partial charge in [0.25, 0.3) is 5.91 Å². The third-order valence-electron chi connectivity index (χ3n) is 5.45. The molecule has 1 aliphatic heterocycles. The number of carbonyl (C=O) groups is 1. The first kappa shape index (κ1) is 15.9. The van der Waals surface area contributed by atoms with Crippen LogP contribution in [0.15, 0.2) is 41.8 Å². The van der Waals surface area contributed by atoms with Gasteiger partial charge >= 0.3 is 0 Å². The standard InChI is InChI=1S/C20H24N2OS/c23-20(19-4-3-13-24-19)21-17-8-5-15(6-9-17)16-7-10-18(14-16)22-11-1-2-12-22/h3-6,8-9,13,16,18H,1-2,7,10-12,14H2,(H,21,23). The molecule has 1 N–H and O–H groups in total. The van der Waals surface area contributed by atoms with E-state index in [-0.39, 0.29) is 5.91 Å². The van der Waals surface area contributed by atoms with Crippen LogP contribution in [0.1, 0.15) is 53.3 Å². The molecule has 0 bridgehead atoms. The Hall–Kier alpha value is -1.65. The normalized spacial score (nSPS) is 24.3. The molecule has 1 aromatic heterocycles. The average molecular weight is 340 g/mol. The van der Waals surface area contributed by atoms with Crippen LogP contribution in [0.2, 0.25) is 0 Å². The van der Waals surface area contributed by atoms with Crippen molar-refractivity contribution in [2.45, 2.75) is 44.1 Å². The molecule has 1 aliphatic carbocycles. The summed E-state index contributed by atoms with van der Waals surface area (Å²) in [5, 5.41) is 4.90. The number of nitrogens with zero attached hydrogens (tertiary/aromatic N) is 1. The van der Waals surface area contributed by atoms with Gasteiger partial charge in [0.05, 0.1) is 4.88 Å². The third-order valence-corrected chi connectivity index (χ3v) is 6.32. The number of carbonyl (C=O) groups excluding carboxylic acids is 1. The van der Waals surface area contributed by atoms with Gasteiger partial charge in [-0.1, -0.05) is 18.2 Å². The predicted octanol–water partition coefficient (Wildman–Crippen LogP) is 4.73. The summed E-state index contributed by atoms with van der Waals surface area (Å²) in [6, 6.07) is 13.0. The molecule has 0 spiro atoms. The topological polar surface area (TPSA) is 32.3 Å². The van der Waals surface area contributed by atoms with Crippen molar-refractivity contribution in [3.05, 3.63) is 52.2 Å². The molecule has 2 heterocycles. The van der Waals surface area contributed by atoms with E-state index >= 15 is 0 Å². The van der Waals surface area contributed by atoms with E-state index in [4.69, 9.17) is 0 Å². The zero-order valence-corrected chi connectivity index (χ0v) is 14.7. The Morgan fingerprint density at radius 2 is 1.88 bits per heavy atom. The molecule has 2 unspecified atom stereocenters. The van der Waals surface area contributed by atoms with Crippen molar-refractivity contribution in [2.75, 3.05) is 18.4 Å². The van der Waals surface area contributed by atoms with Crippen molar-refractivity contribution in [3.8, 4) is 0 Å². The molecule has 0 radical (unpaired) electrons. The number of thiophene rings is 1. The summed E-state index contributed by atoms with van der Waals surface area (Å²) in [7, 11) is 0. The van der Waals surface area contributed by atoms with E-state index in [1.165, 1.54) is 62.1 Å². The maximum atomic E-state index is 12.1. The number of hydrogen-bond donors (Lipinski definition) is 1. The Labute approximate surface area is 147 Å². The van der Waals surface area contributed by atoms with Gasteiger partial charge in [-0.2, -0.15) is 0 Å². The summed E-state index contributed by atoms with van der Waals surface area (Å²) in [5.41, 5.74) is 2.30. The van der Waals surface area contributed by atoms with Crippen LogP contribution < -0.4 is 5.32 Å². The number of anilines is 1. The molecule has 24 heavy (non-hydrogen) atoms. The Morgan fingerprint density at radius 1 is 1.08 bits per heavy atom. The van der Waals surface area contributed by atoms with Crippen molar-refractivity contribution in [2.24, 2.45) is 0 Å². The van der Waals surface area contributed by atoms with Crippen molar-refractivity contribution < 1.29 is 4.79 Å². The second-order valence-corrected chi connectivity index (χ2v) is 7.91. The first-order chi connectivity index (χ1) is 11.8. The van der Waals surface area contributed by atoms with E-state index in [2.05, 4.69) is 22.3 Å². The molecule has 4 heteroatoms. The number of hydrogen-bond acceptors (Lipinski definition) is 3. The van der Waals surface area contributed by atoms with E-state index in [1.54, 1.807) is 0 Å². The number of amides is 1. The summed E-state index contributed by atoms with van der Waals surface area (Å²) in [5.74, 6) is 0.658. The Balaban J connectivity index is 1.36. The van der Waals surface area contributed by atoms with Crippen LogP contribution in [0.3, 0.4) is 0 Å². The summed E-state index contributed by atoms with van der Waals surface area (Å²) in [6.07, 6.45) is 6.67. The van der Waals surface area contributed by atoms with Crippen molar-refractivity contribution in [1.82, 2.24) is 4.90 Å². The predicted molar refractivity (Wildman–Crippen MR) is 99.9 cm³/mol. The summed E-state index contributed by atoms with van der Waals surface area (Å²) in [4.78, 5) is 15.5. The van der Waals surface area contributed by atoms with Crippen LogP contribution in [0.25, 0.3) is 0 Å². The fourth-order valence-corrected chi connectivity index (χ4v) is 4.76. The van der Waals surface area contributed by atoms with Crippen LogP contribution in [-0.2, 0) is 0 Å². The maximum absolute atomic E-state index is 12.1. The highest BCUT2D eigenvalue weighted by Crippen LogP contribution is 2.38. The van der Waals surface area contributed by atoms with Gasteiger partial charge in [-0.05, 0) is 80.3 Å². The van der Waals surface area contributed by atoms with Gasteiger partial charge in [0.2, 0.25) is 0 Å². The lowest BCUT2D eigenvalue weighted by Gasteiger charge is -2.23. The highest BCUT2D eigenvalue weighted by Gasteiger charge is 2.31. The van der Waals surface area contributed by atoms with E-state index in [0.717, 1.165) is 16.6 Å². The minimum Gasteiger partial charge on any atom is -0.321 e. The van der Waals surface area contributed by atoms with E-state index in [9.17, 15) is 4.79 Å². The molecular weight excluding hydrogens is 316 g/mol. The minimum atomic E-state index is -0.0206. The van der Waals surface area contributed by atoms with Gasteiger partial charge in [-0.25, -0.2) is 0 Å². The Kier molecular flexibility index (Phi) is 4.67. The van der Waals surface area contributed by atoms with Crippen LogP contribution in [0, 0.1) is 0 Å². The molecule has 4 rings (SSSR count). The lowest BCUT2D eigenvalue weighted by Crippen LogP contribution is -2.30. The summed E-state index contributed by atoms with van der Waals surface area (Å²) >= 11 is 1.47. The summed E-state index contributed by atoms with van der Waals surface area (Å²) < 4.78 is 0. The first-order valence-corrected chi connectivity index (χ1v) is 9.86. The molecule has 2 fully saturated rings. The lowest BCUT2D eigenvalue weighted by molar-refractivity contribution is 0.103. The average Bonchev–Trinajstić information content (AvgIpc) is 3.35. The zero-order valence-electron chi connectivity index (χ0n) is 13.9. The van der Waals surface area contributed by atoms with Crippen molar-refractivity contribution >= 4 is 22.9 Å². The number of benzene rings is 1. The maximum Gasteiger partial charge on any atom is 0.265 e. The number of nitrogens with one attached hydrogen (secondary N) is 1. The second-order valence-electron chi connectivity index (χ2n) is 6.96. The largest absolute Gasteiger partial charge is 0.321 e. The van der Waals surface area contributed by atoms with Gasteiger partial charge in [0.1, 0.15) is 0 Å². The highest BCUT2D eigenvalue weighted by molar-refractivity contribution is 7.12. The molecule has 126 valence electrons. The van der Waals surface area contributed by atoms with Crippen LogP contribution in [0.5, 0.6) is 0 Å². The number of rotatable bonds is 4. The van der Waals surface area contributed by atoms with Crippen LogP contribution in [0.4, 0.5) is 5.69 Å². The number of likely N-dealkylation sites (tertiary alicyclic amines) is 1. The van der Waals surface area contributed by atoms with E-state index < -0.39 is 0 Å². The molecule has 1 amide bonds. The molecule has 1 saturated carbocycles. The van der Waals surface area contributed by atoms with E-state index in [1.807, 2.05) is 29.6 Å². The second kappa shape index (κ2) is 7.08. The Morgan fingerprint density at radius 3 is 2.58 bits per heavy atom. The molecule has 3 nitrogen and oxygen atoms in total. The van der Waals surface area contributed by atoms with Gasteiger partial charge in [-0.15, -0.1) is 11.3 Å². The van der Waals surface area contributed by atoms with E-state index in [0.29, 0.717) is 5.92 Å². The smallest absolute Gasteiger partial charge is 0.265 e. The highest BCUT2D eigenvalue weighted by atomic mass is 32.1. The van der Waals surface area contributed by atoms with Crippen LogP contribution in [-0.4, -0.2) is 29.9 Å². The van der Waals surface area contributed by atoms with Gasteiger partial charge in [0.15, 0.2) is 0 Å². The zero-order chi connectivity index (χ0) is 16.4. The first-order valence-electron chi connectivity index (χ1n) is 8.98. The molecular formula is C20H24N2OS. The molecule has 2 aliphatic rings. The van der Waals surface area contributed by atoms with Crippen molar-refractivity contribution in [3.63, 3.8) is 0 Å². The van der Waals surface area contributed by atoms with Gasteiger partial charge < -0.3 is 10.2 Å². The molecule has 1 saturated heterocycles. The molecule has 2 atom stereocenters. The third kappa shape index (κ3) is 3.40. The minimum absolute atomic E-state index is 0.0206. The van der Waals surface area contributed by atoms with Crippen LogP contribution >= 0.6 is 11.3 Å². The molecule has 1 aromatic carbocycles. The summed E-state index contributed by atoms with van der Waals surface area (Å²) in [6.45, 7) is 2.59. The fraction of sp³-hybridized carbons (Fsp3) is 0.450. The Bertz CT molecular complexity index is 674. The quantitative estimate of drug-likeness (QED) is 0.872. The fourth-order valence-electron chi connectivity index (χ4n) is 4.14. The molecule has 2 aromatic rings. The van der Waals surface area contributed by atoms with Gasteiger partial charge in [-0.3, -0.25) is 4.79 Å². The van der Waals surface area contributed by atoms with Crippen molar-refractivity contribution in [1.29, 1.82) is 0 Å². The monoisotopic (exact) mass is 340 g/mol. The lowest BCUT2D eigenvalue weighted by atomic mass is 9.97. The van der Waals surface area contributed by atoms with Gasteiger partial charge in [0, 0.05) is 11.7 Å². The SMILES string of the molecule is O=C(Nc1ccc(C2CCC(N3CCCC3)C2)cc1)c1cccs1.